The molecule has 3 heteroatoms. The lowest BCUT2D eigenvalue weighted by molar-refractivity contribution is 1.13. The minimum absolute atomic E-state index is 0.774. The van der Waals surface area contributed by atoms with Crippen LogP contribution in [0.15, 0.2) is 58.8 Å². The standard InChI is InChI=1S/C17H18ClNS/c1-13(14-5-4-6-15(18)11-14)12-20-17-9-7-16(8-10-17)19(2)3/h4-12H,1-3H3. The summed E-state index contributed by atoms with van der Waals surface area (Å²) in [5.74, 6) is 0. The van der Waals surface area contributed by atoms with Crippen molar-refractivity contribution in [2.24, 2.45) is 0 Å². The summed E-state index contributed by atoms with van der Waals surface area (Å²) in [7, 11) is 4.09. The first-order valence-electron chi connectivity index (χ1n) is 6.43. The maximum Gasteiger partial charge on any atom is 0.0412 e. The van der Waals surface area contributed by atoms with Crippen LogP contribution in [0.3, 0.4) is 0 Å². The van der Waals surface area contributed by atoms with Gasteiger partial charge in [-0.3, -0.25) is 0 Å². The van der Waals surface area contributed by atoms with E-state index >= 15 is 0 Å². The average Bonchev–Trinajstić information content (AvgIpc) is 2.45. The van der Waals surface area contributed by atoms with Crippen molar-refractivity contribution in [2.75, 3.05) is 19.0 Å². The smallest absolute Gasteiger partial charge is 0.0412 e. The van der Waals surface area contributed by atoms with Gasteiger partial charge in [-0.1, -0.05) is 35.5 Å². The molecule has 0 spiro atoms. The zero-order valence-corrected chi connectivity index (χ0v) is 13.5. The van der Waals surface area contributed by atoms with Gasteiger partial charge in [0.2, 0.25) is 0 Å². The zero-order chi connectivity index (χ0) is 14.5. The minimum Gasteiger partial charge on any atom is -0.378 e. The van der Waals surface area contributed by atoms with Crippen molar-refractivity contribution < 1.29 is 0 Å². The van der Waals surface area contributed by atoms with Gasteiger partial charge < -0.3 is 4.90 Å². The van der Waals surface area contributed by atoms with Crippen molar-refractivity contribution in [1.82, 2.24) is 0 Å². The summed E-state index contributed by atoms with van der Waals surface area (Å²) in [5, 5.41) is 2.94. The third-order valence-electron chi connectivity index (χ3n) is 3.00. The highest BCUT2D eigenvalue weighted by molar-refractivity contribution is 8.02. The molecule has 0 unspecified atom stereocenters. The summed E-state index contributed by atoms with van der Waals surface area (Å²) < 4.78 is 0. The number of benzene rings is 2. The Hall–Kier alpha value is -1.38. The first kappa shape index (κ1) is 15.0. The highest BCUT2D eigenvalue weighted by Gasteiger charge is 1.99. The van der Waals surface area contributed by atoms with Crippen molar-refractivity contribution >= 4 is 34.6 Å². The van der Waals surface area contributed by atoms with Crippen LogP contribution in [0.1, 0.15) is 12.5 Å². The molecule has 0 saturated heterocycles. The quantitative estimate of drug-likeness (QED) is 0.680. The van der Waals surface area contributed by atoms with Gasteiger partial charge in [-0.25, -0.2) is 0 Å². The van der Waals surface area contributed by atoms with Gasteiger partial charge in [0.25, 0.3) is 0 Å². The molecule has 0 radical (unpaired) electrons. The molecule has 0 aliphatic rings. The van der Waals surface area contributed by atoms with Crippen molar-refractivity contribution in [3.8, 4) is 0 Å². The molecule has 2 aromatic rings. The van der Waals surface area contributed by atoms with Gasteiger partial charge in [0, 0.05) is 29.7 Å². The van der Waals surface area contributed by atoms with Gasteiger partial charge >= 0.3 is 0 Å². The lowest BCUT2D eigenvalue weighted by atomic mass is 10.1. The molecule has 104 valence electrons. The predicted molar refractivity (Wildman–Crippen MR) is 91.7 cm³/mol. The molecular weight excluding hydrogens is 286 g/mol. The number of allylic oxidation sites excluding steroid dienone is 1. The fourth-order valence-electron chi connectivity index (χ4n) is 1.78. The molecule has 0 bridgehead atoms. The summed E-state index contributed by atoms with van der Waals surface area (Å²) in [6, 6.07) is 16.5. The largest absolute Gasteiger partial charge is 0.378 e. The van der Waals surface area contributed by atoms with Crippen LogP contribution in [-0.2, 0) is 0 Å². The monoisotopic (exact) mass is 303 g/mol. The van der Waals surface area contributed by atoms with Gasteiger partial charge in [-0.05, 0) is 59.9 Å². The van der Waals surface area contributed by atoms with E-state index in [0.717, 1.165) is 10.6 Å². The molecule has 1 nitrogen and oxygen atoms in total. The topological polar surface area (TPSA) is 3.24 Å². The molecular formula is C17H18ClNS. The van der Waals surface area contributed by atoms with E-state index in [1.807, 2.05) is 32.3 Å². The van der Waals surface area contributed by atoms with Crippen molar-refractivity contribution in [2.45, 2.75) is 11.8 Å². The van der Waals surface area contributed by atoms with Gasteiger partial charge in [-0.15, -0.1) is 0 Å². The summed E-state index contributed by atoms with van der Waals surface area (Å²) in [6.07, 6.45) is 0. The van der Waals surface area contributed by atoms with Crippen molar-refractivity contribution in [3.63, 3.8) is 0 Å². The first-order valence-corrected chi connectivity index (χ1v) is 7.69. The second-order valence-electron chi connectivity index (χ2n) is 4.82. The Morgan fingerprint density at radius 2 is 1.80 bits per heavy atom. The second-order valence-corrected chi connectivity index (χ2v) is 6.20. The lowest BCUT2D eigenvalue weighted by Gasteiger charge is -2.12. The van der Waals surface area contributed by atoms with Crippen LogP contribution in [0.25, 0.3) is 5.57 Å². The molecule has 0 heterocycles. The summed E-state index contributed by atoms with van der Waals surface area (Å²) in [5.41, 5.74) is 3.59. The molecule has 0 aliphatic heterocycles. The molecule has 20 heavy (non-hydrogen) atoms. The molecule has 0 N–H and O–H groups in total. The maximum absolute atomic E-state index is 6.01. The van der Waals surface area contributed by atoms with Crippen molar-refractivity contribution in [1.29, 1.82) is 0 Å². The maximum atomic E-state index is 6.01. The van der Waals surface area contributed by atoms with E-state index in [1.165, 1.54) is 16.2 Å². The van der Waals surface area contributed by atoms with E-state index in [4.69, 9.17) is 11.6 Å². The molecule has 2 rings (SSSR count). The zero-order valence-electron chi connectivity index (χ0n) is 11.9. The van der Waals surface area contributed by atoms with Crippen LogP contribution in [0.4, 0.5) is 5.69 Å². The fourth-order valence-corrected chi connectivity index (χ4v) is 2.71. The highest BCUT2D eigenvalue weighted by atomic mass is 35.5. The minimum atomic E-state index is 0.774. The molecule has 0 aliphatic carbocycles. The number of halogens is 1. The van der Waals surface area contributed by atoms with E-state index < -0.39 is 0 Å². The van der Waals surface area contributed by atoms with Gasteiger partial charge in [-0.2, -0.15) is 0 Å². The third-order valence-corrected chi connectivity index (χ3v) is 4.26. The summed E-state index contributed by atoms with van der Waals surface area (Å²) >= 11 is 7.74. The predicted octanol–water partition coefficient (Wildman–Crippen LogP) is 5.56. The van der Waals surface area contributed by atoms with E-state index in [2.05, 4.69) is 47.6 Å². The Bertz CT molecular complexity index is 603. The number of anilines is 1. The number of hydrogen-bond acceptors (Lipinski definition) is 2. The van der Waals surface area contributed by atoms with Gasteiger partial charge in [0.1, 0.15) is 0 Å². The third kappa shape index (κ3) is 4.06. The molecule has 2 aromatic carbocycles. The van der Waals surface area contributed by atoms with E-state index in [-0.39, 0.29) is 0 Å². The Morgan fingerprint density at radius 3 is 2.40 bits per heavy atom. The normalized spacial score (nSPS) is 11.5. The number of rotatable bonds is 4. The Balaban J connectivity index is 2.08. The molecule has 0 saturated carbocycles. The van der Waals surface area contributed by atoms with Crippen LogP contribution in [-0.4, -0.2) is 14.1 Å². The van der Waals surface area contributed by atoms with E-state index in [0.29, 0.717) is 0 Å². The SMILES string of the molecule is CC(=CSc1ccc(N(C)C)cc1)c1cccc(Cl)c1. The van der Waals surface area contributed by atoms with Crippen LogP contribution in [0.5, 0.6) is 0 Å². The molecule has 0 amide bonds. The number of hydrogen-bond donors (Lipinski definition) is 0. The van der Waals surface area contributed by atoms with Crippen LogP contribution in [0, 0.1) is 0 Å². The van der Waals surface area contributed by atoms with Crippen LogP contribution >= 0.6 is 23.4 Å². The molecule has 0 atom stereocenters. The van der Waals surface area contributed by atoms with E-state index in [1.54, 1.807) is 11.8 Å². The summed E-state index contributed by atoms with van der Waals surface area (Å²) in [4.78, 5) is 3.33. The second kappa shape index (κ2) is 6.87. The van der Waals surface area contributed by atoms with Crippen LogP contribution < -0.4 is 4.90 Å². The Kier molecular flexibility index (Phi) is 5.16. The van der Waals surface area contributed by atoms with Gasteiger partial charge in [0.15, 0.2) is 0 Å². The number of thioether (sulfide) groups is 1. The first-order chi connectivity index (χ1) is 9.56. The lowest BCUT2D eigenvalue weighted by Crippen LogP contribution is -2.07. The fraction of sp³-hybridized carbons (Fsp3) is 0.176. The van der Waals surface area contributed by atoms with Gasteiger partial charge in [0.05, 0.1) is 0 Å². The highest BCUT2D eigenvalue weighted by Crippen LogP contribution is 2.27. The Labute approximate surface area is 130 Å². The van der Waals surface area contributed by atoms with Crippen LogP contribution in [0.2, 0.25) is 5.02 Å². The Morgan fingerprint density at radius 1 is 1.10 bits per heavy atom. The number of nitrogens with zero attached hydrogens (tertiary/aromatic N) is 1. The summed E-state index contributed by atoms with van der Waals surface area (Å²) in [6.45, 7) is 2.10. The molecule has 0 fully saturated rings. The van der Waals surface area contributed by atoms with E-state index in [9.17, 15) is 0 Å². The van der Waals surface area contributed by atoms with Crippen molar-refractivity contribution in [3.05, 3.63) is 64.5 Å². The average molecular weight is 304 g/mol. The molecule has 0 aromatic heterocycles.